The van der Waals surface area contributed by atoms with Gasteiger partial charge in [-0.05, 0) is 19.8 Å². The van der Waals surface area contributed by atoms with Crippen molar-refractivity contribution in [2.75, 3.05) is 0 Å². The molecule has 2 aromatic rings. The monoisotopic (exact) mass is 293 g/mol. The number of fused-ring (bicyclic) bond motifs is 1. The molecule has 0 saturated heterocycles. The van der Waals surface area contributed by atoms with Crippen LogP contribution in [0.4, 0.5) is 0 Å². The Morgan fingerprint density at radius 1 is 1.24 bits per heavy atom. The van der Waals surface area contributed by atoms with Gasteiger partial charge >= 0.3 is 5.69 Å². The summed E-state index contributed by atoms with van der Waals surface area (Å²) < 4.78 is 4.54. The Labute approximate surface area is 123 Å². The second kappa shape index (κ2) is 5.85. The van der Waals surface area contributed by atoms with E-state index < -0.39 is 0 Å². The first-order valence-electron chi connectivity index (χ1n) is 7.34. The first kappa shape index (κ1) is 15.5. The van der Waals surface area contributed by atoms with Crippen LogP contribution in [0.5, 0.6) is 0 Å². The molecule has 1 atom stereocenters. The number of nitrogens with two attached hydrogens (primary N) is 1. The predicted octanol–water partition coefficient (Wildman–Crippen LogP) is 0.352. The van der Waals surface area contributed by atoms with E-state index in [0.29, 0.717) is 30.1 Å². The molecule has 2 N–H and O–H groups in total. The minimum Gasteiger partial charge on any atom is -0.326 e. The van der Waals surface area contributed by atoms with E-state index in [9.17, 15) is 9.59 Å². The molecule has 2 aromatic heterocycles. The van der Waals surface area contributed by atoms with Gasteiger partial charge in [0, 0.05) is 26.2 Å². The highest BCUT2D eigenvalue weighted by molar-refractivity contribution is 5.71. The normalized spacial score (nSPS) is 13.0. The molecule has 0 radical (unpaired) electrons. The van der Waals surface area contributed by atoms with Gasteiger partial charge in [0.25, 0.3) is 5.56 Å². The number of imidazole rings is 1. The number of hydrogen-bond acceptors (Lipinski definition) is 4. The number of hydrogen-bond donors (Lipinski definition) is 1. The van der Waals surface area contributed by atoms with Gasteiger partial charge in [0.15, 0.2) is 11.2 Å². The lowest BCUT2D eigenvalue weighted by Gasteiger charge is -2.13. The third-order valence-electron chi connectivity index (χ3n) is 3.81. The maximum Gasteiger partial charge on any atom is 0.332 e. The number of nitrogens with zero attached hydrogens (tertiary/aromatic N) is 4. The van der Waals surface area contributed by atoms with Crippen molar-refractivity contribution in [2.24, 2.45) is 12.8 Å². The second-order valence-corrected chi connectivity index (χ2v) is 5.41. The van der Waals surface area contributed by atoms with Crippen LogP contribution in [0.15, 0.2) is 9.59 Å². The van der Waals surface area contributed by atoms with E-state index in [1.165, 1.54) is 7.05 Å². The van der Waals surface area contributed by atoms with Gasteiger partial charge in [-0.1, -0.05) is 13.8 Å². The first-order chi connectivity index (χ1) is 9.92. The van der Waals surface area contributed by atoms with Gasteiger partial charge in [-0.2, -0.15) is 0 Å². The summed E-state index contributed by atoms with van der Waals surface area (Å²) in [6, 6.07) is -0.0441. The van der Waals surface area contributed by atoms with Crippen LogP contribution in [0.1, 0.15) is 32.5 Å². The standard InChI is InChI=1S/C14H23N5O2/c1-5-7-18-12-11(13(20)17(4)14(18)21)19(9(3)16-12)8-10(15)6-2/h10H,5-8,15H2,1-4H3. The Morgan fingerprint density at radius 2 is 1.90 bits per heavy atom. The van der Waals surface area contributed by atoms with Gasteiger partial charge < -0.3 is 10.3 Å². The lowest BCUT2D eigenvalue weighted by molar-refractivity contribution is 0.537. The van der Waals surface area contributed by atoms with Crippen LogP contribution in [-0.4, -0.2) is 24.7 Å². The van der Waals surface area contributed by atoms with E-state index in [2.05, 4.69) is 4.98 Å². The topological polar surface area (TPSA) is 87.8 Å². The summed E-state index contributed by atoms with van der Waals surface area (Å²) in [7, 11) is 1.50. The molecule has 0 aliphatic heterocycles. The quantitative estimate of drug-likeness (QED) is 0.861. The SMILES string of the molecule is CCCn1c(=O)n(C)c(=O)c2c1nc(C)n2CC(N)CC. The van der Waals surface area contributed by atoms with Crippen molar-refractivity contribution in [1.29, 1.82) is 0 Å². The van der Waals surface area contributed by atoms with Gasteiger partial charge in [-0.25, -0.2) is 9.78 Å². The number of rotatable bonds is 5. The maximum atomic E-state index is 12.5. The highest BCUT2D eigenvalue weighted by Gasteiger charge is 2.19. The molecule has 0 bridgehead atoms. The molecule has 0 saturated carbocycles. The van der Waals surface area contributed by atoms with Crippen LogP contribution < -0.4 is 17.0 Å². The summed E-state index contributed by atoms with van der Waals surface area (Å²) >= 11 is 0. The van der Waals surface area contributed by atoms with E-state index in [4.69, 9.17) is 5.73 Å². The summed E-state index contributed by atoms with van der Waals surface area (Å²) in [4.78, 5) is 29.1. The summed E-state index contributed by atoms with van der Waals surface area (Å²) in [5.41, 5.74) is 6.31. The molecule has 7 nitrogen and oxygen atoms in total. The Kier molecular flexibility index (Phi) is 4.32. The summed E-state index contributed by atoms with van der Waals surface area (Å²) in [5.74, 6) is 0.710. The van der Waals surface area contributed by atoms with E-state index in [0.717, 1.165) is 17.4 Å². The first-order valence-corrected chi connectivity index (χ1v) is 7.34. The van der Waals surface area contributed by atoms with Gasteiger partial charge in [0.05, 0.1) is 0 Å². The predicted molar refractivity (Wildman–Crippen MR) is 82.5 cm³/mol. The molecule has 0 amide bonds. The molecule has 0 spiro atoms. The average Bonchev–Trinajstić information content (AvgIpc) is 2.78. The fourth-order valence-electron chi connectivity index (χ4n) is 2.48. The van der Waals surface area contributed by atoms with E-state index in [1.54, 1.807) is 4.57 Å². The van der Waals surface area contributed by atoms with E-state index in [-0.39, 0.29) is 17.3 Å². The fourth-order valence-corrected chi connectivity index (χ4v) is 2.48. The largest absolute Gasteiger partial charge is 0.332 e. The van der Waals surface area contributed by atoms with Crippen molar-refractivity contribution in [2.45, 2.75) is 52.7 Å². The zero-order valence-corrected chi connectivity index (χ0v) is 13.1. The molecule has 0 aromatic carbocycles. The van der Waals surface area contributed by atoms with Crippen molar-refractivity contribution in [1.82, 2.24) is 18.7 Å². The number of aromatic nitrogens is 4. The van der Waals surface area contributed by atoms with Gasteiger partial charge in [0.1, 0.15) is 5.82 Å². The zero-order chi connectivity index (χ0) is 15.7. The summed E-state index contributed by atoms with van der Waals surface area (Å²) in [6.45, 7) is 6.89. The highest BCUT2D eigenvalue weighted by atomic mass is 16.2. The van der Waals surface area contributed by atoms with E-state index in [1.807, 2.05) is 25.3 Å². The molecule has 21 heavy (non-hydrogen) atoms. The van der Waals surface area contributed by atoms with Crippen LogP contribution in [0.3, 0.4) is 0 Å². The maximum absolute atomic E-state index is 12.5. The third-order valence-corrected chi connectivity index (χ3v) is 3.81. The smallest absolute Gasteiger partial charge is 0.326 e. The minimum atomic E-state index is -0.321. The summed E-state index contributed by atoms with van der Waals surface area (Å²) in [5, 5.41) is 0. The highest BCUT2D eigenvalue weighted by Crippen LogP contribution is 2.12. The fraction of sp³-hybridized carbons (Fsp3) is 0.643. The molecular weight excluding hydrogens is 270 g/mol. The lowest BCUT2D eigenvalue weighted by atomic mass is 10.2. The molecule has 0 fully saturated rings. The third kappa shape index (κ3) is 2.53. The zero-order valence-electron chi connectivity index (χ0n) is 13.1. The van der Waals surface area contributed by atoms with E-state index >= 15 is 0 Å². The second-order valence-electron chi connectivity index (χ2n) is 5.41. The number of aryl methyl sites for hydroxylation is 2. The lowest BCUT2D eigenvalue weighted by Crippen LogP contribution is -2.39. The summed E-state index contributed by atoms with van der Waals surface area (Å²) in [6.07, 6.45) is 1.61. The Hall–Kier alpha value is -1.89. The molecule has 116 valence electrons. The molecule has 0 aliphatic carbocycles. The van der Waals surface area contributed by atoms with Crippen LogP contribution in [-0.2, 0) is 20.1 Å². The van der Waals surface area contributed by atoms with Crippen LogP contribution >= 0.6 is 0 Å². The van der Waals surface area contributed by atoms with Crippen molar-refractivity contribution in [3.05, 3.63) is 26.7 Å². The van der Waals surface area contributed by atoms with Crippen molar-refractivity contribution in [3.8, 4) is 0 Å². The van der Waals surface area contributed by atoms with Crippen molar-refractivity contribution < 1.29 is 0 Å². The van der Waals surface area contributed by atoms with Crippen molar-refractivity contribution >= 4 is 11.2 Å². The van der Waals surface area contributed by atoms with Gasteiger partial charge in [-0.15, -0.1) is 0 Å². The Morgan fingerprint density at radius 3 is 2.48 bits per heavy atom. The van der Waals surface area contributed by atoms with Crippen LogP contribution in [0, 0.1) is 6.92 Å². The molecule has 7 heteroatoms. The Bertz CT molecular complexity index is 768. The molecule has 0 aliphatic rings. The molecule has 2 rings (SSSR count). The molecule has 1 unspecified atom stereocenters. The van der Waals surface area contributed by atoms with Crippen LogP contribution in [0.25, 0.3) is 11.2 Å². The minimum absolute atomic E-state index is 0.0441. The average molecular weight is 293 g/mol. The van der Waals surface area contributed by atoms with Crippen LogP contribution in [0.2, 0.25) is 0 Å². The van der Waals surface area contributed by atoms with Gasteiger partial charge in [0.2, 0.25) is 0 Å². The van der Waals surface area contributed by atoms with Crippen molar-refractivity contribution in [3.63, 3.8) is 0 Å². The molecular formula is C14H23N5O2. The molecule has 2 heterocycles. The Balaban J connectivity index is 2.82. The van der Waals surface area contributed by atoms with Gasteiger partial charge in [-0.3, -0.25) is 13.9 Å².